The number of likely N-dealkylation sites (tertiary alicyclic amines) is 2. The summed E-state index contributed by atoms with van der Waals surface area (Å²) in [5.41, 5.74) is 0.152. The van der Waals surface area contributed by atoms with E-state index in [0.29, 0.717) is 18.7 Å². The summed E-state index contributed by atoms with van der Waals surface area (Å²) < 4.78 is 13.4. The minimum atomic E-state index is -0.633. The molecule has 22 heavy (non-hydrogen) atoms. The third-order valence-electron chi connectivity index (χ3n) is 4.53. The van der Waals surface area contributed by atoms with Crippen LogP contribution in [-0.2, 0) is 4.79 Å². The molecule has 0 aromatic heterocycles. The third kappa shape index (κ3) is 2.23. The first-order valence-corrected chi connectivity index (χ1v) is 7.28. The molecule has 0 aliphatic carbocycles. The number of likely N-dealkylation sites (N-methyl/N-ethyl adjacent to an activating group) is 1. The molecule has 5 nitrogen and oxygen atoms in total. The average Bonchev–Trinajstić information content (AvgIpc) is 2.82. The largest absolute Gasteiger partial charge is 0.343 e. The Hall–Kier alpha value is -2.42. The van der Waals surface area contributed by atoms with Crippen molar-refractivity contribution in [3.8, 4) is 6.07 Å². The summed E-state index contributed by atoms with van der Waals surface area (Å²) in [6, 6.07) is 5.42. The van der Waals surface area contributed by atoms with Gasteiger partial charge < -0.3 is 9.80 Å². The van der Waals surface area contributed by atoms with Gasteiger partial charge in [0.05, 0.1) is 17.5 Å². The molecule has 2 saturated heterocycles. The Kier molecular flexibility index (Phi) is 3.57. The van der Waals surface area contributed by atoms with Crippen molar-refractivity contribution in [2.45, 2.75) is 18.9 Å². The van der Waals surface area contributed by atoms with Crippen LogP contribution in [0.15, 0.2) is 18.2 Å². The van der Waals surface area contributed by atoms with Gasteiger partial charge in [0, 0.05) is 25.7 Å². The Morgan fingerprint density at radius 1 is 1.45 bits per heavy atom. The van der Waals surface area contributed by atoms with Crippen molar-refractivity contribution in [3.63, 3.8) is 0 Å². The van der Waals surface area contributed by atoms with Gasteiger partial charge in [0.25, 0.3) is 5.91 Å². The molecule has 2 fully saturated rings. The molecule has 0 saturated carbocycles. The van der Waals surface area contributed by atoms with E-state index in [-0.39, 0.29) is 29.3 Å². The minimum Gasteiger partial charge on any atom is -0.343 e. The van der Waals surface area contributed by atoms with E-state index in [1.54, 1.807) is 22.9 Å². The van der Waals surface area contributed by atoms with Crippen LogP contribution in [0, 0.1) is 23.1 Å². The van der Waals surface area contributed by atoms with E-state index in [0.717, 1.165) is 18.9 Å². The number of benzene rings is 1. The van der Waals surface area contributed by atoms with Crippen molar-refractivity contribution >= 4 is 11.8 Å². The Bertz CT molecular complexity index is 682. The lowest BCUT2D eigenvalue weighted by atomic mass is 9.91. The third-order valence-corrected chi connectivity index (χ3v) is 4.53. The monoisotopic (exact) mass is 301 g/mol. The second-order valence-corrected chi connectivity index (χ2v) is 5.84. The molecule has 2 amide bonds. The molecule has 0 N–H and O–H groups in total. The predicted octanol–water partition coefficient (Wildman–Crippen LogP) is 1.39. The SMILES string of the molecule is CN1C[C@@H]2[C@@H](CCCN2C(=O)c2ccc(F)c(C#N)c2)C1=O. The summed E-state index contributed by atoms with van der Waals surface area (Å²) in [5, 5.41) is 8.89. The molecule has 1 aromatic carbocycles. The zero-order valence-electron chi connectivity index (χ0n) is 12.3. The van der Waals surface area contributed by atoms with Gasteiger partial charge in [0.15, 0.2) is 0 Å². The van der Waals surface area contributed by atoms with Crippen LogP contribution in [0.4, 0.5) is 4.39 Å². The van der Waals surface area contributed by atoms with E-state index in [9.17, 15) is 14.0 Å². The van der Waals surface area contributed by atoms with Crippen LogP contribution in [0.2, 0.25) is 0 Å². The highest BCUT2D eigenvalue weighted by Gasteiger charge is 2.45. The maximum absolute atomic E-state index is 13.4. The fourth-order valence-corrected chi connectivity index (χ4v) is 3.39. The first kappa shape index (κ1) is 14.5. The lowest BCUT2D eigenvalue weighted by Gasteiger charge is -2.36. The van der Waals surface area contributed by atoms with Gasteiger partial charge in [-0.25, -0.2) is 4.39 Å². The number of rotatable bonds is 1. The average molecular weight is 301 g/mol. The van der Waals surface area contributed by atoms with Crippen LogP contribution in [0.5, 0.6) is 0 Å². The number of amides is 2. The lowest BCUT2D eigenvalue weighted by Crippen LogP contribution is -2.48. The summed E-state index contributed by atoms with van der Waals surface area (Å²) in [6.45, 7) is 1.11. The van der Waals surface area contributed by atoms with Gasteiger partial charge in [-0.1, -0.05) is 0 Å². The number of carbonyl (C=O) groups is 2. The standard InChI is InChI=1S/C16H16FN3O2/c1-19-9-14-12(16(19)22)3-2-6-20(14)15(21)10-4-5-13(17)11(7-10)8-18/h4-5,7,12,14H,2-3,6,9H2,1H3/t12-,14-/m1/s1. The van der Waals surface area contributed by atoms with Crippen LogP contribution >= 0.6 is 0 Å². The fourth-order valence-electron chi connectivity index (χ4n) is 3.39. The van der Waals surface area contributed by atoms with E-state index in [1.807, 2.05) is 0 Å². The fraction of sp³-hybridized carbons (Fsp3) is 0.438. The molecule has 0 spiro atoms. The van der Waals surface area contributed by atoms with Crippen molar-refractivity contribution < 1.29 is 14.0 Å². The van der Waals surface area contributed by atoms with Crippen LogP contribution in [0.25, 0.3) is 0 Å². The molecular formula is C16H16FN3O2. The van der Waals surface area contributed by atoms with Gasteiger partial charge >= 0.3 is 0 Å². The highest BCUT2D eigenvalue weighted by Crippen LogP contribution is 2.32. The molecule has 2 aliphatic heterocycles. The molecule has 2 atom stereocenters. The molecule has 0 radical (unpaired) electrons. The maximum atomic E-state index is 13.4. The summed E-state index contributed by atoms with van der Waals surface area (Å²) in [7, 11) is 1.75. The molecule has 1 aromatic rings. The minimum absolute atomic E-state index is 0.0827. The van der Waals surface area contributed by atoms with Crippen molar-refractivity contribution in [2.24, 2.45) is 5.92 Å². The molecule has 2 aliphatic rings. The Balaban J connectivity index is 1.89. The first-order valence-electron chi connectivity index (χ1n) is 7.28. The second-order valence-electron chi connectivity index (χ2n) is 5.84. The maximum Gasteiger partial charge on any atom is 0.254 e. The Morgan fingerprint density at radius 3 is 2.95 bits per heavy atom. The number of carbonyl (C=O) groups excluding carboxylic acids is 2. The summed E-state index contributed by atoms with van der Waals surface area (Å²) in [4.78, 5) is 28.1. The highest BCUT2D eigenvalue weighted by molar-refractivity contribution is 5.96. The van der Waals surface area contributed by atoms with Gasteiger partial charge in [-0.05, 0) is 31.0 Å². The summed E-state index contributed by atoms with van der Waals surface area (Å²) in [6.07, 6.45) is 1.57. The quantitative estimate of drug-likeness (QED) is 0.787. The Morgan fingerprint density at radius 2 is 2.23 bits per heavy atom. The molecule has 0 unspecified atom stereocenters. The number of nitrogens with zero attached hydrogens (tertiary/aromatic N) is 3. The van der Waals surface area contributed by atoms with E-state index in [4.69, 9.17) is 5.26 Å². The van der Waals surface area contributed by atoms with Crippen molar-refractivity contribution in [3.05, 3.63) is 35.1 Å². The van der Waals surface area contributed by atoms with E-state index in [1.165, 1.54) is 12.1 Å². The number of fused-ring (bicyclic) bond motifs is 1. The van der Waals surface area contributed by atoms with Gasteiger partial charge in [-0.3, -0.25) is 9.59 Å². The van der Waals surface area contributed by atoms with Crippen molar-refractivity contribution in [2.75, 3.05) is 20.1 Å². The number of piperidine rings is 1. The highest BCUT2D eigenvalue weighted by atomic mass is 19.1. The van der Waals surface area contributed by atoms with Gasteiger partial charge in [0.1, 0.15) is 11.9 Å². The molecule has 114 valence electrons. The lowest BCUT2D eigenvalue weighted by molar-refractivity contribution is -0.130. The van der Waals surface area contributed by atoms with Crippen LogP contribution in [0.3, 0.4) is 0 Å². The Labute approximate surface area is 127 Å². The van der Waals surface area contributed by atoms with Gasteiger partial charge in [-0.2, -0.15) is 5.26 Å². The molecule has 3 rings (SSSR count). The molecule has 6 heteroatoms. The van der Waals surface area contributed by atoms with E-state index in [2.05, 4.69) is 0 Å². The number of nitriles is 1. The van der Waals surface area contributed by atoms with E-state index >= 15 is 0 Å². The summed E-state index contributed by atoms with van der Waals surface area (Å²) >= 11 is 0. The van der Waals surface area contributed by atoms with Gasteiger partial charge in [0.2, 0.25) is 5.91 Å². The van der Waals surface area contributed by atoms with Crippen LogP contribution < -0.4 is 0 Å². The molecule has 2 heterocycles. The second kappa shape index (κ2) is 5.41. The first-order chi connectivity index (χ1) is 10.5. The van der Waals surface area contributed by atoms with E-state index < -0.39 is 5.82 Å². The normalized spacial score (nSPS) is 24.1. The van der Waals surface area contributed by atoms with Crippen LogP contribution in [-0.4, -0.2) is 47.8 Å². The number of halogens is 1. The van der Waals surface area contributed by atoms with Crippen LogP contribution in [0.1, 0.15) is 28.8 Å². The smallest absolute Gasteiger partial charge is 0.254 e. The van der Waals surface area contributed by atoms with Crippen molar-refractivity contribution in [1.29, 1.82) is 5.26 Å². The predicted molar refractivity (Wildman–Crippen MR) is 76.3 cm³/mol. The zero-order valence-corrected chi connectivity index (χ0v) is 12.3. The van der Waals surface area contributed by atoms with Crippen molar-refractivity contribution in [1.82, 2.24) is 9.80 Å². The van der Waals surface area contributed by atoms with Gasteiger partial charge in [-0.15, -0.1) is 0 Å². The number of hydrogen-bond acceptors (Lipinski definition) is 3. The summed E-state index contributed by atoms with van der Waals surface area (Å²) in [5.74, 6) is -0.932. The topological polar surface area (TPSA) is 64.4 Å². The molecule has 0 bridgehead atoms. The number of hydrogen-bond donors (Lipinski definition) is 0. The molecular weight excluding hydrogens is 285 g/mol. The zero-order chi connectivity index (χ0) is 15.9.